The van der Waals surface area contributed by atoms with Crippen molar-refractivity contribution in [2.45, 2.75) is 0 Å². The zero-order valence-electron chi connectivity index (χ0n) is 15.2. The molecule has 27 heavy (non-hydrogen) atoms. The summed E-state index contributed by atoms with van der Waals surface area (Å²) in [6.45, 7) is 0. The van der Waals surface area contributed by atoms with Crippen molar-refractivity contribution in [1.29, 1.82) is 0 Å². The average Bonchev–Trinajstić information content (AvgIpc) is 2.68. The first-order valence-corrected chi connectivity index (χ1v) is 7.82. The second-order valence-electron chi connectivity index (χ2n) is 5.52. The van der Waals surface area contributed by atoms with Crippen LogP contribution >= 0.6 is 0 Å². The van der Waals surface area contributed by atoms with Gasteiger partial charge < -0.3 is 33.6 Å². The van der Waals surface area contributed by atoms with E-state index in [4.69, 9.17) is 23.4 Å². The van der Waals surface area contributed by atoms with Crippen LogP contribution < -0.4 is 24.4 Å². The third-order valence-corrected chi connectivity index (χ3v) is 4.09. The Hall–Kier alpha value is -3.55. The van der Waals surface area contributed by atoms with Crippen LogP contribution in [0.2, 0.25) is 0 Å². The molecule has 0 saturated heterocycles. The molecule has 0 fully saturated rings. The topological polar surface area (TPSA) is 108 Å². The molecule has 142 valence electrons. The van der Waals surface area contributed by atoms with Crippen LogP contribution in [0.25, 0.3) is 22.3 Å². The summed E-state index contributed by atoms with van der Waals surface area (Å²) in [5, 5.41) is 19.5. The standard InChI is InChI=1S/C19H18O8/c1-23-12-8-13(24-2)17(25-3)18-14(12)15(22)19(26-4)16(27-18)9-5-6-10(20)11(21)7-9/h5-8,20-21H,1-4H3. The van der Waals surface area contributed by atoms with E-state index in [0.717, 1.165) is 0 Å². The highest BCUT2D eigenvalue weighted by molar-refractivity contribution is 5.93. The summed E-state index contributed by atoms with van der Waals surface area (Å²) in [4.78, 5) is 13.1. The summed E-state index contributed by atoms with van der Waals surface area (Å²) in [5.74, 6) is 0.0491. The highest BCUT2D eigenvalue weighted by Crippen LogP contribution is 2.44. The number of ether oxygens (including phenoxy) is 4. The van der Waals surface area contributed by atoms with E-state index in [1.54, 1.807) is 0 Å². The molecule has 2 aromatic carbocycles. The molecule has 0 saturated carbocycles. The fraction of sp³-hybridized carbons (Fsp3) is 0.211. The van der Waals surface area contributed by atoms with Gasteiger partial charge in [0.05, 0.1) is 28.4 Å². The molecular weight excluding hydrogens is 356 g/mol. The van der Waals surface area contributed by atoms with Crippen LogP contribution in [0.4, 0.5) is 0 Å². The molecule has 3 rings (SSSR count). The molecule has 0 aliphatic heterocycles. The normalized spacial score (nSPS) is 10.7. The van der Waals surface area contributed by atoms with Crippen molar-refractivity contribution in [3.8, 4) is 45.8 Å². The second-order valence-corrected chi connectivity index (χ2v) is 5.52. The van der Waals surface area contributed by atoms with Gasteiger partial charge in [0, 0.05) is 11.6 Å². The molecule has 8 heteroatoms. The van der Waals surface area contributed by atoms with E-state index < -0.39 is 5.43 Å². The number of rotatable bonds is 5. The lowest BCUT2D eigenvalue weighted by Crippen LogP contribution is -2.10. The third kappa shape index (κ3) is 2.84. The van der Waals surface area contributed by atoms with Crippen molar-refractivity contribution in [2.24, 2.45) is 0 Å². The fourth-order valence-electron chi connectivity index (χ4n) is 2.82. The first-order valence-electron chi connectivity index (χ1n) is 7.82. The van der Waals surface area contributed by atoms with Gasteiger partial charge in [-0.2, -0.15) is 0 Å². The van der Waals surface area contributed by atoms with Gasteiger partial charge in [-0.05, 0) is 18.2 Å². The van der Waals surface area contributed by atoms with Gasteiger partial charge in [-0.3, -0.25) is 4.79 Å². The first-order chi connectivity index (χ1) is 13.0. The van der Waals surface area contributed by atoms with Gasteiger partial charge in [-0.1, -0.05) is 0 Å². The van der Waals surface area contributed by atoms with Gasteiger partial charge >= 0.3 is 0 Å². The summed E-state index contributed by atoms with van der Waals surface area (Å²) in [7, 11) is 5.61. The minimum Gasteiger partial charge on any atom is -0.504 e. The van der Waals surface area contributed by atoms with Gasteiger partial charge in [0.1, 0.15) is 11.1 Å². The summed E-state index contributed by atoms with van der Waals surface area (Å²) in [5.41, 5.74) is -0.0637. The minimum atomic E-state index is -0.487. The Kier molecular flexibility index (Phi) is 4.72. The van der Waals surface area contributed by atoms with Crippen LogP contribution in [0.5, 0.6) is 34.5 Å². The Balaban J connectivity index is 2.48. The molecule has 0 radical (unpaired) electrons. The largest absolute Gasteiger partial charge is 0.504 e. The number of phenols is 2. The molecule has 3 aromatic rings. The van der Waals surface area contributed by atoms with Crippen LogP contribution in [0.3, 0.4) is 0 Å². The van der Waals surface area contributed by atoms with Crippen LogP contribution in [-0.4, -0.2) is 38.7 Å². The Bertz CT molecular complexity index is 1070. The molecule has 0 aliphatic carbocycles. The van der Waals surface area contributed by atoms with Gasteiger partial charge in [-0.15, -0.1) is 0 Å². The molecule has 1 aromatic heterocycles. The van der Waals surface area contributed by atoms with Crippen molar-refractivity contribution in [3.63, 3.8) is 0 Å². The number of phenolic OH excluding ortho intramolecular Hbond substituents is 2. The quantitative estimate of drug-likeness (QED) is 0.657. The van der Waals surface area contributed by atoms with Crippen molar-refractivity contribution in [1.82, 2.24) is 0 Å². The van der Waals surface area contributed by atoms with E-state index in [1.165, 1.54) is 52.7 Å². The number of aromatic hydroxyl groups is 2. The van der Waals surface area contributed by atoms with Crippen molar-refractivity contribution in [3.05, 3.63) is 34.5 Å². The second kappa shape index (κ2) is 6.99. The third-order valence-electron chi connectivity index (χ3n) is 4.09. The summed E-state index contributed by atoms with van der Waals surface area (Å²) >= 11 is 0. The number of fused-ring (bicyclic) bond motifs is 1. The highest BCUT2D eigenvalue weighted by Gasteiger charge is 2.25. The zero-order chi connectivity index (χ0) is 19.7. The van der Waals surface area contributed by atoms with Crippen LogP contribution in [0.15, 0.2) is 33.5 Å². The van der Waals surface area contributed by atoms with Crippen molar-refractivity contribution in [2.75, 3.05) is 28.4 Å². The number of hydrogen-bond donors (Lipinski definition) is 2. The lowest BCUT2D eigenvalue weighted by molar-refractivity contribution is 0.346. The van der Waals surface area contributed by atoms with E-state index in [1.807, 2.05) is 0 Å². The molecule has 0 aliphatic rings. The molecule has 0 unspecified atom stereocenters. The zero-order valence-corrected chi connectivity index (χ0v) is 15.2. The Morgan fingerprint density at radius 1 is 0.815 bits per heavy atom. The van der Waals surface area contributed by atoms with E-state index in [-0.39, 0.29) is 45.5 Å². The summed E-state index contributed by atoms with van der Waals surface area (Å²) in [6, 6.07) is 5.53. The number of hydrogen-bond acceptors (Lipinski definition) is 8. The lowest BCUT2D eigenvalue weighted by atomic mass is 10.1. The van der Waals surface area contributed by atoms with E-state index in [2.05, 4.69) is 0 Å². The van der Waals surface area contributed by atoms with Crippen molar-refractivity contribution < 1.29 is 33.6 Å². The summed E-state index contributed by atoms with van der Waals surface area (Å²) < 4.78 is 27.2. The van der Waals surface area contributed by atoms with Gasteiger partial charge in [0.2, 0.25) is 16.9 Å². The average molecular weight is 374 g/mol. The Morgan fingerprint density at radius 3 is 2.04 bits per heavy atom. The molecule has 0 atom stereocenters. The predicted octanol–water partition coefficient (Wildman–Crippen LogP) is 2.91. The molecule has 8 nitrogen and oxygen atoms in total. The van der Waals surface area contributed by atoms with Gasteiger partial charge in [0.15, 0.2) is 28.6 Å². The van der Waals surface area contributed by atoms with Crippen molar-refractivity contribution >= 4 is 11.0 Å². The SMILES string of the molecule is COc1cc(OC)c2c(=O)c(OC)c(-c3ccc(O)c(O)c3)oc2c1OC. The summed E-state index contributed by atoms with van der Waals surface area (Å²) in [6.07, 6.45) is 0. The van der Waals surface area contributed by atoms with E-state index in [0.29, 0.717) is 11.3 Å². The maximum atomic E-state index is 13.1. The van der Waals surface area contributed by atoms with Crippen LogP contribution in [0.1, 0.15) is 0 Å². The number of methoxy groups -OCH3 is 4. The monoisotopic (exact) mass is 374 g/mol. The van der Waals surface area contributed by atoms with Gasteiger partial charge in [0.25, 0.3) is 0 Å². The Labute approximate surface area is 154 Å². The molecule has 0 spiro atoms. The first kappa shape index (κ1) is 18.2. The molecular formula is C19H18O8. The van der Waals surface area contributed by atoms with E-state index in [9.17, 15) is 15.0 Å². The predicted molar refractivity (Wildman–Crippen MR) is 97.5 cm³/mol. The van der Waals surface area contributed by atoms with Gasteiger partial charge in [-0.25, -0.2) is 0 Å². The smallest absolute Gasteiger partial charge is 0.239 e. The molecule has 0 amide bonds. The van der Waals surface area contributed by atoms with Crippen LogP contribution in [0, 0.1) is 0 Å². The molecule has 0 bridgehead atoms. The maximum absolute atomic E-state index is 13.1. The lowest BCUT2D eigenvalue weighted by Gasteiger charge is -2.15. The molecule has 2 N–H and O–H groups in total. The number of benzene rings is 2. The Morgan fingerprint density at radius 2 is 1.48 bits per heavy atom. The molecule has 1 heterocycles. The fourth-order valence-corrected chi connectivity index (χ4v) is 2.82. The maximum Gasteiger partial charge on any atom is 0.239 e. The van der Waals surface area contributed by atoms with Crippen LogP contribution in [-0.2, 0) is 0 Å². The minimum absolute atomic E-state index is 0.0545. The van der Waals surface area contributed by atoms with E-state index >= 15 is 0 Å². The highest BCUT2D eigenvalue weighted by atomic mass is 16.5.